The average molecular weight is 285 g/mol. The van der Waals surface area contributed by atoms with Gasteiger partial charge in [0.2, 0.25) is 0 Å². The molecule has 0 aliphatic carbocycles. The standard InChI is InChI=1S/C16H19N3O2/c1-16(2,3)21-15(20)18-11-8-12-13(18)6-4-7-14(12)19-10-5-9-17-19/h4-7,9-10H,8,11H2,1-3H3. The molecule has 3 rings (SSSR count). The molecule has 0 fully saturated rings. The van der Waals surface area contributed by atoms with E-state index in [1.54, 1.807) is 11.1 Å². The molecule has 0 atom stereocenters. The fourth-order valence-corrected chi connectivity index (χ4v) is 2.55. The quantitative estimate of drug-likeness (QED) is 0.808. The minimum absolute atomic E-state index is 0.293. The topological polar surface area (TPSA) is 47.4 Å². The van der Waals surface area contributed by atoms with Gasteiger partial charge in [-0.15, -0.1) is 0 Å². The van der Waals surface area contributed by atoms with E-state index in [2.05, 4.69) is 5.10 Å². The van der Waals surface area contributed by atoms with Crippen LogP contribution in [-0.4, -0.2) is 28.0 Å². The number of rotatable bonds is 1. The van der Waals surface area contributed by atoms with Crippen molar-refractivity contribution in [3.8, 4) is 5.69 Å². The Hall–Kier alpha value is -2.30. The van der Waals surface area contributed by atoms with Crippen LogP contribution in [0, 0.1) is 0 Å². The van der Waals surface area contributed by atoms with Crippen LogP contribution in [0.25, 0.3) is 5.69 Å². The van der Waals surface area contributed by atoms with Crippen molar-refractivity contribution in [1.29, 1.82) is 0 Å². The second kappa shape index (κ2) is 4.91. The molecule has 0 unspecified atom stereocenters. The van der Waals surface area contributed by atoms with E-state index in [0.29, 0.717) is 6.54 Å². The highest BCUT2D eigenvalue weighted by molar-refractivity contribution is 5.91. The zero-order valence-electron chi connectivity index (χ0n) is 12.5. The van der Waals surface area contributed by atoms with Crippen LogP contribution in [0.15, 0.2) is 36.7 Å². The number of fused-ring (bicyclic) bond motifs is 1. The SMILES string of the molecule is CC(C)(C)OC(=O)N1CCc2c1cccc2-n1cccn1. The molecule has 1 amide bonds. The van der Waals surface area contributed by atoms with Crippen LogP contribution in [0.4, 0.5) is 10.5 Å². The summed E-state index contributed by atoms with van der Waals surface area (Å²) in [5, 5.41) is 4.28. The maximum atomic E-state index is 12.3. The molecule has 1 aliphatic heterocycles. The summed E-state index contributed by atoms with van der Waals surface area (Å²) in [5.41, 5.74) is 2.58. The van der Waals surface area contributed by atoms with Gasteiger partial charge in [0.15, 0.2) is 0 Å². The number of benzene rings is 1. The van der Waals surface area contributed by atoms with Gasteiger partial charge in [-0.25, -0.2) is 9.48 Å². The van der Waals surface area contributed by atoms with Gasteiger partial charge in [-0.2, -0.15) is 5.10 Å². The predicted molar refractivity (Wildman–Crippen MR) is 80.8 cm³/mol. The minimum Gasteiger partial charge on any atom is -0.443 e. The molecule has 21 heavy (non-hydrogen) atoms. The Morgan fingerprint density at radius 3 is 2.67 bits per heavy atom. The number of amides is 1. The highest BCUT2D eigenvalue weighted by Gasteiger charge is 2.30. The monoisotopic (exact) mass is 285 g/mol. The van der Waals surface area contributed by atoms with Crippen molar-refractivity contribution >= 4 is 11.8 Å². The summed E-state index contributed by atoms with van der Waals surface area (Å²) in [5.74, 6) is 0. The van der Waals surface area contributed by atoms with Crippen molar-refractivity contribution in [3.63, 3.8) is 0 Å². The van der Waals surface area contributed by atoms with E-state index < -0.39 is 5.60 Å². The Morgan fingerprint density at radius 1 is 1.24 bits per heavy atom. The lowest BCUT2D eigenvalue weighted by Gasteiger charge is -2.24. The molecular weight excluding hydrogens is 266 g/mol. The van der Waals surface area contributed by atoms with Gasteiger partial charge in [0.25, 0.3) is 0 Å². The first-order valence-corrected chi connectivity index (χ1v) is 7.08. The number of carbonyl (C=O) groups is 1. The highest BCUT2D eigenvalue weighted by atomic mass is 16.6. The largest absolute Gasteiger partial charge is 0.443 e. The maximum Gasteiger partial charge on any atom is 0.414 e. The van der Waals surface area contributed by atoms with Crippen LogP contribution in [0.5, 0.6) is 0 Å². The Kier molecular flexibility index (Phi) is 3.20. The summed E-state index contributed by atoms with van der Waals surface area (Å²) in [6.45, 7) is 6.27. The first-order valence-electron chi connectivity index (χ1n) is 7.08. The molecule has 5 nitrogen and oxygen atoms in total. The molecular formula is C16H19N3O2. The molecule has 1 aromatic carbocycles. The Labute approximate surface area is 124 Å². The normalized spacial score (nSPS) is 14.1. The van der Waals surface area contributed by atoms with Gasteiger partial charge in [-0.3, -0.25) is 4.90 Å². The Morgan fingerprint density at radius 2 is 2.00 bits per heavy atom. The predicted octanol–water partition coefficient (Wildman–Crippen LogP) is 3.17. The van der Waals surface area contributed by atoms with Crippen LogP contribution in [-0.2, 0) is 11.2 Å². The molecule has 0 saturated heterocycles. The fourth-order valence-electron chi connectivity index (χ4n) is 2.55. The van der Waals surface area contributed by atoms with E-state index in [-0.39, 0.29) is 6.09 Å². The second-order valence-electron chi connectivity index (χ2n) is 6.11. The third-order valence-electron chi connectivity index (χ3n) is 3.37. The zero-order chi connectivity index (χ0) is 15.0. The van der Waals surface area contributed by atoms with E-state index in [4.69, 9.17) is 4.74 Å². The third kappa shape index (κ3) is 2.63. The number of ether oxygens (including phenoxy) is 1. The number of nitrogens with zero attached hydrogens (tertiary/aromatic N) is 3. The zero-order valence-corrected chi connectivity index (χ0v) is 12.5. The summed E-state index contributed by atoms with van der Waals surface area (Å²) in [4.78, 5) is 14.0. The number of anilines is 1. The lowest BCUT2D eigenvalue weighted by Crippen LogP contribution is -2.35. The Bertz CT molecular complexity index is 657. The van der Waals surface area contributed by atoms with E-state index >= 15 is 0 Å². The van der Waals surface area contributed by atoms with E-state index in [1.807, 2.05) is 55.9 Å². The van der Waals surface area contributed by atoms with Crippen molar-refractivity contribution in [2.45, 2.75) is 32.8 Å². The lowest BCUT2D eigenvalue weighted by molar-refractivity contribution is 0.0584. The van der Waals surface area contributed by atoms with Gasteiger partial charge in [0.05, 0.1) is 11.4 Å². The summed E-state index contributed by atoms with van der Waals surface area (Å²) >= 11 is 0. The van der Waals surface area contributed by atoms with E-state index in [9.17, 15) is 4.79 Å². The Balaban J connectivity index is 1.93. The first-order chi connectivity index (χ1) is 9.96. The van der Waals surface area contributed by atoms with Crippen LogP contribution in [0.3, 0.4) is 0 Å². The summed E-state index contributed by atoms with van der Waals surface area (Å²) in [6.07, 6.45) is 4.18. The molecule has 110 valence electrons. The van der Waals surface area contributed by atoms with Crippen molar-refractivity contribution in [2.24, 2.45) is 0 Å². The van der Waals surface area contributed by atoms with Crippen LogP contribution >= 0.6 is 0 Å². The highest BCUT2D eigenvalue weighted by Crippen LogP contribution is 2.33. The van der Waals surface area contributed by atoms with Crippen molar-refractivity contribution in [1.82, 2.24) is 9.78 Å². The molecule has 0 radical (unpaired) electrons. The molecule has 1 aliphatic rings. The molecule has 0 bridgehead atoms. The molecule has 1 aromatic heterocycles. The van der Waals surface area contributed by atoms with Crippen molar-refractivity contribution < 1.29 is 9.53 Å². The van der Waals surface area contributed by atoms with Crippen molar-refractivity contribution in [2.75, 3.05) is 11.4 Å². The smallest absolute Gasteiger partial charge is 0.414 e. The third-order valence-corrected chi connectivity index (χ3v) is 3.37. The van der Waals surface area contributed by atoms with Crippen LogP contribution in [0.1, 0.15) is 26.3 Å². The number of hydrogen-bond donors (Lipinski definition) is 0. The molecule has 2 aromatic rings. The van der Waals surface area contributed by atoms with Gasteiger partial charge in [-0.05, 0) is 45.4 Å². The fraction of sp³-hybridized carbons (Fsp3) is 0.375. The molecule has 2 heterocycles. The summed E-state index contributed by atoms with van der Waals surface area (Å²) < 4.78 is 7.30. The second-order valence-corrected chi connectivity index (χ2v) is 6.11. The summed E-state index contributed by atoms with van der Waals surface area (Å²) in [6, 6.07) is 7.81. The van der Waals surface area contributed by atoms with E-state index in [1.165, 1.54) is 0 Å². The number of hydrogen-bond acceptors (Lipinski definition) is 3. The molecule has 0 spiro atoms. The number of aromatic nitrogens is 2. The van der Waals surface area contributed by atoms with Crippen LogP contribution in [0.2, 0.25) is 0 Å². The van der Waals surface area contributed by atoms with Gasteiger partial charge in [0, 0.05) is 24.5 Å². The minimum atomic E-state index is -0.487. The maximum absolute atomic E-state index is 12.3. The van der Waals surface area contributed by atoms with Crippen LogP contribution < -0.4 is 4.90 Å². The van der Waals surface area contributed by atoms with Gasteiger partial charge in [-0.1, -0.05) is 6.07 Å². The van der Waals surface area contributed by atoms with E-state index in [0.717, 1.165) is 23.4 Å². The van der Waals surface area contributed by atoms with Gasteiger partial charge >= 0.3 is 6.09 Å². The van der Waals surface area contributed by atoms with Crippen molar-refractivity contribution in [3.05, 3.63) is 42.2 Å². The molecule has 0 saturated carbocycles. The number of carbonyl (C=O) groups excluding carboxylic acids is 1. The van der Waals surface area contributed by atoms with Gasteiger partial charge < -0.3 is 4.74 Å². The lowest BCUT2D eigenvalue weighted by atomic mass is 10.1. The summed E-state index contributed by atoms with van der Waals surface area (Å²) in [7, 11) is 0. The first kappa shape index (κ1) is 13.7. The molecule has 5 heteroatoms. The molecule has 0 N–H and O–H groups in total. The van der Waals surface area contributed by atoms with Gasteiger partial charge in [0.1, 0.15) is 5.60 Å². The average Bonchev–Trinajstić information content (AvgIpc) is 3.05.